The van der Waals surface area contributed by atoms with Crippen molar-refractivity contribution in [2.24, 2.45) is 5.73 Å². The quantitative estimate of drug-likeness (QED) is 0.755. The van der Waals surface area contributed by atoms with Crippen LogP contribution in [-0.4, -0.2) is 33.4 Å². The zero-order valence-corrected chi connectivity index (χ0v) is 12.8. The van der Waals surface area contributed by atoms with E-state index in [4.69, 9.17) is 5.73 Å². The minimum absolute atomic E-state index is 0.0396. The Balaban J connectivity index is 2.10. The van der Waals surface area contributed by atoms with E-state index in [2.05, 4.69) is 15.3 Å². The summed E-state index contributed by atoms with van der Waals surface area (Å²) in [4.78, 5) is 21.1. The van der Waals surface area contributed by atoms with Crippen molar-refractivity contribution in [2.45, 2.75) is 20.3 Å². The van der Waals surface area contributed by atoms with Crippen LogP contribution < -0.4 is 11.1 Å². The van der Waals surface area contributed by atoms with E-state index in [-0.39, 0.29) is 5.91 Å². The normalized spacial score (nSPS) is 11.2. The number of carbonyl (C=O) groups excluding carboxylic acids is 1. The van der Waals surface area contributed by atoms with Gasteiger partial charge in [0.05, 0.1) is 17.5 Å². The molecule has 1 amide bonds. The SMILES string of the molecule is Cc1nc2nc3ccccc3n2c(C)c1CC(=O)NCCN. The Kier molecular flexibility index (Phi) is 3.77. The van der Waals surface area contributed by atoms with Gasteiger partial charge in [0, 0.05) is 30.0 Å². The summed E-state index contributed by atoms with van der Waals surface area (Å²) in [6.07, 6.45) is 0.299. The van der Waals surface area contributed by atoms with Crippen molar-refractivity contribution < 1.29 is 4.79 Å². The molecule has 0 aliphatic heterocycles. The van der Waals surface area contributed by atoms with Crippen molar-refractivity contribution in [2.75, 3.05) is 13.1 Å². The summed E-state index contributed by atoms with van der Waals surface area (Å²) in [5.41, 5.74) is 10.1. The highest BCUT2D eigenvalue weighted by Crippen LogP contribution is 2.21. The number of aromatic nitrogens is 3. The number of imidazole rings is 1. The van der Waals surface area contributed by atoms with Gasteiger partial charge in [0.2, 0.25) is 11.7 Å². The first-order chi connectivity index (χ1) is 10.6. The zero-order chi connectivity index (χ0) is 15.7. The van der Waals surface area contributed by atoms with Crippen molar-refractivity contribution in [1.82, 2.24) is 19.7 Å². The van der Waals surface area contributed by atoms with Crippen LogP contribution in [0.3, 0.4) is 0 Å². The molecule has 0 aliphatic rings. The van der Waals surface area contributed by atoms with Crippen LogP contribution in [0.15, 0.2) is 24.3 Å². The van der Waals surface area contributed by atoms with Crippen LogP contribution in [-0.2, 0) is 11.2 Å². The molecule has 6 heteroatoms. The highest BCUT2D eigenvalue weighted by atomic mass is 16.1. The predicted molar refractivity (Wildman–Crippen MR) is 85.7 cm³/mol. The third kappa shape index (κ3) is 2.42. The number of nitrogens with one attached hydrogen (secondary N) is 1. The molecule has 114 valence electrons. The van der Waals surface area contributed by atoms with Crippen molar-refractivity contribution >= 4 is 22.7 Å². The van der Waals surface area contributed by atoms with E-state index in [0.29, 0.717) is 25.3 Å². The molecule has 3 N–H and O–H groups in total. The fraction of sp³-hybridized carbons (Fsp3) is 0.312. The molecule has 3 aromatic rings. The van der Waals surface area contributed by atoms with Crippen LogP contribution >= 0.6 is 0 Å². The van der Waals surface area contributed by atoms with Crippen molar-refractivity contribution in [1.29, 1.82) is 0 Å². The summed E-state index contributed by atoms with van der Waals surface area (Å²) in [7, 11) is 0. The van der Waals surface area contributed by atoms with Gasteiger partial charge in [-0.2, -0.15) is 0 Å². The number of fused-ring (bicyclic) bond motifs is 3. The Labute approximate surface area is 128 Å². The van der Waals surface area contributed by atoms with E-state index in [0.717, 1.165) is 28.0 Å². The maximum Gasteiger partial charge on any atom is 0.235 e. The smallest absolute Gasteiger partial charge is 0.235 e. The highest BCUT2D eigenvalue weighted by molar-refractivity contribution is 5.82. The zero-order valence-electron chi connectivity index (χ0n) is 12.8. The summed E-state index contributed by atoms with van der Waals surface area (Å²) in [6.45, 7) is 4.84. The van der Waals surface area contributed by atoms with Gasteiger partial charge in [-0.1, -0.05) is 12.1 Å². The topological polar surface area (TPSA) is 85.3 Å². The van der Waals surface area contributed by atoms with Crippen molar-refractivity contribution in [3.63, 3.8) is 0 Å². The largest absolute Gasteiger partial charge is 0.355 e. The molecule has 0 fully saturated rings. The van der Waals surface area contributed by atoms with Crippen LogP contribution in [0.25, 0.3) is 16.8 Å². The second-order valence-electron chi connectivity index (χ2n) is 5.31. The monoisotopic (exact) mass is 297 g/mol. The molecule has 0 atom stereocenters. The van der Waals surface area contributed by atoms with Gasteiger partial charge in [0.25, 0.3) is 0 Å². The summed E-state index contributed by atoms with van der Waals surface area (Å²) in [6, 6.07) is 7.91. The van der Waals surface area contributed by atoms with Gasteiger partial charge < -0.3 is 11.1 Å². The summed E-state index contributed by atoms with van der Waals surface area (Å²) in [5.74, 6) is 0.629. The number of rotatable bonds is 4. The summed E-state index contributed by atoms with van der Waals surface area (Å²) >= 11 is 0. The third-order valence-electron chi connectivity index (χ3n) is 3.82. The second kappa shape index (κ2) is 5.73. The molecule has 0 radical (unpaired) electrons. The second-order valence-corrected chi connectivity index (χ2v) is 5.31. The lowest BCUT2D eigenvalue weighted by molar-refractivity contribution is -0.120. The molecule has 0 saturated carbocycles. The maximum atomic E-state index is 12.0. The van der Waals surface area contributed by atoms with Crippen LogP contribution in [0, 0.1) is 13.8 Å². The Morgan fingerprint density at radius 2 is 2.05 bits per heavy atom. The van der Waals surface area contributed by atoms with Crippen molar-refractivity contribution in [3.8, 4) is 0 Å². The molecule has 0 bridgehead atoms. The van der Waals surface area contributed by atoms with E-state index in [1.165, 1.54) is 0 Å². The van der Waals surface area contributed by atoms with Gasteiger partial charge >= 0.3 is 0 Å². The predicted octanol–water partition coefficient (Wildman–Crippen LogP) is 1.12. The molecule has 0 spiro atoms. The molecule has 3 rings (SSSR count). The fourth-order valence-corrected chi connectivity index (χ4v) is 2.72. The Morgan fingerprint density at radius 1 is 1.27 bits per heavy atom. The number of hydrogen-bond donors (Lipinski definition) is 2. The van der Waals surface area contributed by atoms with E-state index in [9.17, 15) is 4.79 Å². The lowest BCUT2D eigenvalue weighted by atomic mass is 10.1. The van der Waals surface area contributed by atoms with E-state index < -0.39 is 0 Å². The average molecular weight is 297 g/mol. The lowest BCUT2D eigenvalue weighted by Gasteiger charge is -2.12. The number of hydrogen-bond acceptors (Lipinski definition) is 4. The third-order valence-corrected chi connectivity index (χ3v) is 3.82. The summed E-state index contributed by atoms with van der Waals surface area (Å²) in [5, 5.41) is 2.80. The van der Waals surface area contributed by atoms with Crippen LogP contribution in [0.1, 0.15) is 17.0 Å². The van der Waals surface area contributed by atoms with Crippen LogP contribution in [0.4, 0.5) is 0 Å². The number of benzene rings is 1. The van der Waals surface area contributed by atoms with E-state index in [1.54, 1.807) is 0 Å². The standard InChI is InChI=1S/C16H19N5O/c1-10-12(9-15(22)18-8-7-17)11(2)21-14-6-4-3-5-13(14)20-16(21)19-10/h3-6H,7-9,17H2,1-2H3,(H,18,22). The molecule has 22 heavy (non-hydrogen) atoms. The molecule has 6 nitrogen and oxygen atoms in total. The van der Waals surface area contributed by atoms with E-state index >= 15 is 0 Å². The number of carbonyl (C=O) groups is 1. The molecule has 2 aromatic heterocycles. The number of aryl methyl sites for hydroxylation is 2. The van der Waals surface area contributed by atoms with Gasteiger partial charge in [-0.25, -0.2) is 9.97 Å². The minimum Gasteiger partial charge on any atom is -0.355 e. The summed E-state index contributed by atoms with van der Waals surface area (Å²) < 4.78 is 2.01. The fourth-order valence-electron chi connectivity index (χ4n) is 2.72. The first-order valence-corrected chi connectivity index (χ1v) is 7.32. The Morgan fingerprint density at radius 3 is 2.82 bits per heavy atom. The van der Waals surface area contributed by atoms with E-state index in [1.807, 2.05) is 42.5 Å². The maximum absolute atomic E-state index is 12.0. The number of nitrogens with zero attached hydrogens (tertiary/aromatic N) is 3. The lowest BCUT2D eigenvalue weighted by Crippen LogP contribution is -2.30. The molecule has 1 aromatic carbocycles. The molecular weight excluding hydrogens is 278 g/mol. The van der Waals surface area contributed by atoms with Crippen LogP contribution in [0.2, 0.25) is 0 Å². The Hall–Kier alpha value is -2.47. The first-order valence-electron chi connectivity index (χ1n) is 7.32. The molecule has 0 aliphatic carbocycles. The van der Waals surface area contributed by atoms with Gasteiger partial charge in [-0.05, 0) is 26.0 Å². The van der Waals surface area contributed by atoms with Crippen molar-refractivity contribution in [3.05, 3.63) is 41.2 Å². The van der Waals surface area contributed by atoms with Gasteiger partial charge in [0.1, 0.15) is 0 Å². The first kappa shape index (κ1) is 14.5. The number of amides is 1. The average Bonchev–Trinajstić information content (AvgIpc) is 2.87. The van der Waals surface area contributed by atoms with Gasteiger partial charge in [0.15, 0.2) is 0 Å². The number of para-hydroxylation sites is 2. The van der Waals surface area contributed by atoms with Gasteiger partial charge in [-0.3, -0.25) is 9.20 Å². The molecule has 0 unspecified atom stereocenters. The number of nitrogens with two attached hydrogens (primary N) is 1. The Bertz CT molecular complexity index is 852. The molecule has 2 heterocycles. The van der Waals surface area contributed by atoms with Gasteiger partial charge in [-0.15, -0.1) is 0 Å². The highest BCUT2D eigenvalue weighted by Gasteiger charge is 2.15. The minimum atomic E-state index is -0.0396. The molecule has 0 saturated heterocycles. The van der Waals surface area contributed by atoms with Crippen LogP contribution in [0.5, 0.6) is 0 Å². The molecular formula is C16H19N5O.